The van der Waals surface area contributed by atoms with Crippen LogP contribution in [0.25, 0.3) is 0 Å². The summed E-state index contributed by atoms with van der Waals surface area (Å²) in [6.45, 7) is 4.95. The van der Waals surface area contributed by atoms with E-state index in [2.05, 4.69) is 16.5 Å². The zero-order chi connectivity index (χ0) is 14.6. The Morgan fingerprint density at radius 2 is 2.00 bits per heavy atom. The van der Waals surface area contributed by atoms with Crippen molar-refractivity contribution >= 4 is 23.7 Å². The summed E-state index contributed by atoms with van der Waals surface area (Å²) in [5, 5.41) is 0. The number of aryl methyl sites for hydroxylation is 1. The van der Waals surface area contributed by atoms with Crippen LogP contribution in [-0.2, 0) is 11.3 Å². The quantitative estimate of drug-likeness (QED) is 0.743. The van der Waals surface area contributed by atoms with Gasteiger partial charge < -0.3 is 0 Å². The van der Waals surface area contributed by atoms with E-state index >= 15 is 0 Å². The van der Waals surface area contributed by atoms with Crippen LogP contribution in [0.5, 0.6) is 0 Å². The maximum absolute atomic E-state index is 12.4. The van der Waals surface area contributed by atoms with Gasteiger partial charge in [0.1, 0.15) is 11.9 Å². The molecule has 106 valence electrons. The maximum atomic E-state index is 12.4. The highest BCUT2D eigenvalue weighted by molar-refractivity contribution is 6.18. The number of imide groups is 1. The third-order valence-corrected chi connectivity index (χ3v) is 3.89. The SMILES string of the molecule is CCCn1c(C)c[n+]2c1N=C1C2C(=O)N(C)C(=O)N1C. The minimum Gasteiger partial charge on any atom is -0.270 e. The van der Waals surface area contributed by atoms with Crippen LogP contribution < -0.4 is 4.57 Å². The molecule has 3 heterocycles. The van der Waals surface area contributed by atoms with Crippen molar-refractivity contribution in [2.24, 2.45) is 4.99 Å². The van der Waals surface area contributed by atoms with Crippen molar-refractivity contribution in [3.05, 3.63) is 11.9 Å². The molecule has 1 aromatic rings. The molecule has 0 spiro atoms. The molecule has 2 aliphatic rings. The number of rotatable bonds is 2. The number of aliphatic imine (C=N–C) groups is 1. The largest absolute Gasteiger partial charge is 0.401 e. The van der Waals surface area contributed by atoms with E-state index in [0.29, 0.717) is 5.84 Å². The van der Waals surface area contributed by atoms with Gasteiger partial charge in [-0.3, -0.25) is 14.6 Å². The molecule has 0 aromatic carbocycles. The average Bonchev–Trinajstić information content (AvgIpc) is 2.92. The van der Waals surface area contributed by atoms with Crippen LogP contribution in [0.3, 0.4) is 0 Å². The summed E-state index contributed by atoms with van der Waals surface area (Å²) in [6.07, 6.45) is 2.92. The lowest BCUT2D eigenvalue weighted by Gasteiger charge is -2.30. The molecule has 3 rings (SSSR count). The number of aromatic nitrogens is 2. The molecule has 0 N–H and O–H groups in total. The van der Waals surface area contributed by atoms with Gasteiger partial charge in [0.25, 0.3) is 5.91 Å². The van der Waals surface area contributed by atoms with Gasteiger partial charge in [-0.2, -0.15) is 0 Å². The fourth-order valence-electron chi connectivity index (χ4n) is 2.81. The van der Waals surface area contributed by atoms with Crippen molar-refractivity contribution in [1.29, 1.82) is 0 Å². The second-order valence-electron chi connectivity index (χ2n) is 5.24. The van der Waals surface area contributed by atoms with Crippen LogP contribution in [0.4, 0.5) is 10.7 Å². The van der Waals surface area contributed by atoms with Crippen molar-refractivity contribution in [2.45, 2.75) is 32.9 Å². The van der Waals surface area contributed by atoms with Crippen molar-refractivity contribution in [1.82, 2.24) is 14.4 Å². The van der Waals surface area contributed by atoms with Crippen LogP contribution in [0.2, 0.25) is 0 Å². The Bertz CT molecular complexity index is 645. The Morgan fingerprint density at radius 3 is 2.65 bits per heavy atom. The number of carbonyl (C=O) groups excluding carboxylic acids is 2. The van der Waals surface area contributed by atoms with E-state index in [4.69, 9.17) is 0 Å². The molecule has 2 aliphatic heterocycles. The lowest BCUT2D eigenvalue weighted by Crippen LogP contribution is -2.61. The molecule has 7 nitrogen and oxygen atoms in total. The van der Waals surface area contributed by atoms with E-state index in [9.17, 15) is 9.59 Å². The average molecular weight is 276 g/mol. The third-order valence-electron chi connectivity index (χ3n) is 3.89. The van der Waals surface area contributed by atoms with E-state index < -0.39 is 6.04 Å². The fraction of sp³-hybridized carbons (Fsp3) is 0.538. The molecule has 0 aliphatic carbocycles. The van der Waals surface area contributed by atoms with Crippen molar-refractivity contribution in [2.75, 3.05) is 14.1 Å². The molecule has 0 radical (unpaired) electrons. The van der Waals surface area contributed by atoms with Crippen LogP contribution in [0.15, 0.2) is 11.2 Å². The molecule has 0 saturated carbocycles. The number of amides is 3. The Balaban J connectivity index is 2.14. The fourth-order valence-corrected chi connectivity index (χ4v) is 2.81. The molecule has 1 aromatic heterocycles. The molecule has 3 amide bonds. The smallest absolute Gasteiger partial charge is 0.270 e. The van der Waals surface area contributed by atoms with Crippen LogP contribution in [-0.4, -0.2) is 46.2 Å². The van der Waals surface area contributed by atoms with Gasteiger partial charge in [-0.1, -0.05) is 11.9 Å². The molecule has 1 saturated heterocycles. The number of nitrogens with zero attached hydrogens (tertiary/aromatic N) is 5. The highest BCUT2D eigenvalue weighted by Crippen LogP contribution is 2.28. The highest BCUT2D eigenvalue weighted by atomic mass is 16.2. The van der Waals surface area contributed by atoms with Gasteiger partial charge in [0.15, 0.2) is 0 Å². The summed E-state index contributed by atoms with van der Waals surface area (Å²) in [5.74, 6) is 1.02. The minimum absolute atomic E-state index is 0.232. The summed E-state index contributed by atoms with van der Waals surface area (Å²) >= 11 is 0. The Morgan fingerprint density at radius 1 is 1.30 bits per heavy atom. The Kier molecular flexibility index (Phi) is 2.67. The van der Waals surface area contributed by atoms with Gasteiger partial charge >= 0.3 is 12.0 Å². The number of hydrogen-bond acceptors (Lipinski definition) is 3. The molecular weight excluding hydrogens is 258 g/mol. The van der Waals surface area contributed by atoms with Gasteiger partial charge in [-0.25, -0.2) is 13.9 Å². The number of likely N-dealkylation sites (N-methyl/N-ethyl adjacent to an activating group) is 2. The molecule has 1 atom stereocenters. The first-order valence-electron chi connectivity index (χ1n) is 6.72. The van der Waals surface area contributed by atoms with Gasteiger partial charge in [0, 0.05) is 14.1 Å². The minimum atomic E-state index is -0.519. The molecule has 20 heavy (non-hydrogen) atoms. The topological polar surface area (TPSA) is 61.8 Å². The van der Waals surface area contributed by atoms with Gasteiger partial charge in [0.05, 0.1) is 6.54 Å². The van der Waals surface area contributed by atoms with Crippen molar-refractivity contribution in [3.8, 4) is 0 Å². The van der Waals surface area contributed by atoms with Crippen LogP contribution in [0, 0.1) is 6.92 Å². The van der Waals surface area contributed by atoms with Gasteiger partial charge in [-0.15, -0.1) is 0 Å². The number of carbonyl (C=O) groups is 2. The Hall–Kier alpha value is -2.18. The summed E-state index contributed by atoms with van der Waals surface area (Å²) in [7, 11) is 3.16. The van der Waals surface area contributed by atoms with E-state index in [0.717, 1.165) is 29.5 Å². The van der Waals surface area contributed by atoms with Crippen LogP contribution in [0.1, 0.15) is 25.1 Å². The van der Waals surface area contributed by atoms with Crippen molar-refractivity contribution in [3.63, 3.8) is 0 Å². The first kappa shape index (κ1) is 12.8. The second-order valence-corrected chi connectivity index (χ2v) is 5.24. The standard InChI is InChI=1S/C13H18N5O2/c1-5-6-17-8(2)7-18-9-10(14-12(17)18)15(3)13(20)16(4)11(9)19/h7,9H,5-6H2,1-4H3/q+1. The predicted molar refractivity (Wildman–Crippen MR) is 71.7 cm³/mol. The molecular formula is C13H18N5O2+. The molecule has 0 bridgehead atoms. The second kappa shape index (κ2) is 4.16. The van der Waals surface area contributed by atoms with Crippen molar-refractivity contribution < 1.29 is 14.2 Å². The number of urea groups is 1. The monoisotopic (exact) mass is 276 g/mol. The molecule has 7 heteroatoms. The maximum Gasteiger partial charge on any atom is 0.401 e. The zero-order valence-electron chi connectivity index (χ0n) is 12.1. The zero-order valence-corrected chi connectivity index (χ0v) is 12.1. The van der Waals surface area contributed by atoms with Gasteiger partial charge in [0.2, 0.25) is 11.9 Å². The summed E-state index contributed by atoms with van der Waals surface area (Å²) in [5.41, 5.74) is 1.07. The van der Waals surface area contributed by atoms with E-state index in [1.54, 1.807) is 7.05 Å². The first-order valence-corrected chi connectivity index (χ1v) is 6.72. The highest BCUT2D eigenvalue weighted by Gasteiger charge is 2.51. The summed E-state index contributed by atoms with van der Waals surface area (Å²) in [4.78, 5) is 31.5. The van der Waals surface area contributed by atoms with E-state index in [1.165, 1.54) is 11.9 Å². The number of fused-ring (bicyclic) bond motifs is 3. The summed E-state index contributed by atoms with van der Waals surface area (Å²) in [6, 6.07) is -0.857. The predicted octanol–water partition coefficient (Wildman–Crippen LogP) is 0.603. The normalized spacial score (nSPS) is 21.2. The van der Waals surface area contributed by atoms with Crippen LogP contribution >= 0.6 is 0 Å². The number of imidazole rings is 1. The molecule has 1 fully saturated rings. The Labute approximate surface area is 117 Å². The number of hydrogen-bond donors (Lipinski definition) is 0. The lowest BCUT2D eigenvalue weighted by atomic mass is 10.2. The number of amidine groups is 1. The van der Waals surface area contributed by atoms with E-state index in [-0.39, 0.29) is 11.9 Å². The lowest BCUT2D eigenvalue weighted by molar-refractivity contribution is -0.677. The molecule has 1 unspecified atom stereocenters. The van der Waals surface area contributed by atoms with E-state index in [1.807, 2.05) is 17.7 Å². The third kappa shape index (κ3) is 1.46. The first-order chi connectivity index (χ1) is 9.47. The van der Waals surface area contributed by atoms with Gasteiger partial charge in [-0.05, 0) is 13.3 Å². The summed E-state index contributed by atoms with van der Waals surface area (Å²) < 4.78 is 3.94.